The third-order valence-corrected chi connectivity index (χ3v) is 6.56. The Labute approximate surface area is 128 Å². The number of hydrogen-bond acceptors (Lipinski definition) is 3. The Morgan fingerprint density at radius 1 is 1.10 bits per heavy atom. The van der Waals surface area contributed by atoms with E-state index in [9.17, 15) is 8.42 Å². The van der Waals surface area contributed by atoms with Crippen LogP contribution in [0, 0.1) is 10.8 Å². The van der Waals surface area contributed by atoms with E-state index in [0.29, 0.717) is 17.1 Å². The van der Waals surface area contributed by atoms with Crippen molar-refractivity contribution in [1.29, 1.82) is 0 Å². The molecular formula is C16H26N2O2S. The third kappa shape index (κ3) is 2.81. The SMILES string of the molecule is CCCNS(=O)(=O)c1ccccc1NC1C(C)(C)C1(C)C. The van der Waals surface area contributed by atoms with E-state index in [1.165, 1.54) is 0 Å². The van der Waals surface area contributed by atoms with Gasteiger partial charge in [0.05, 0.1) is 5.69 Å². The molecule has 0 spiro atoms. The number of hydrogen-bond donors (Lipinski definition) is 2. The van der Waals surface area contributed by atoms with Gasteiger partial charge in [-0.15, -0.1) is 0 Å². The Balaban J connectivity index is 2.27. The van der Waals surface area contributed by atoms with Crippen LogP contribution >= 0.6 is 0 Å². The fourth-order valence-corrected chi connectivity index (χ4v) is 4.15. The molecule has 0 radical (unpaired) electrons. The topological polar surface area (TPSA) is 58.2 Å². The predicted octanol–water partition coefficient (Wildman–Crippen LogP) is 3.22. The standard InChI is InChI=1S/C16H26N2O2S/c1-6-11-17-21(19,20)13-10-8-7-9-12(13)18-14-15(2,3)16(14,4)5/h7-10,14,17-18H,6,11H2,1-5H3. The molecule has 0 amide bonds. The van der Waals surface area contributed by atoms with Gasteiger partial charge in [0.2, 0.25) is 10.0 Å². The molecule has 5 heteroatoms. The van der Waals surface area contributed by atoms with Gasteiger partial charge in [-0.25, -0.2) is 13.1 Å². The number of sulfonamides is 1. The minimum Gasteiger partial charge on any atom is -0.380 e. The Bertz CT molecular complexity index is 607. The van der Waals surface area contributed by atoms with Crippen LogP contribution in [0.4, 0.5) is 5.69 Å². The molecule has 0 atom stereocenters. The minimum atomic E-state index is -3.46. The maximum absolute atomic E-state index is 12.4. The second kappa shape index (κ2) is 5.29. The first-order valence-corrected chi connectivity index (χ1v) is 8.98. The van der Waals surface area contributed by atoms with Gasteiger partial charge in [0, 0.05) is 12.6 Å². The normalized spacial score (nSPS) is 20.2. The fraction of sp³-hybridized carbons (Fsp3) is 0.625. The molecular weight excluding hydrogens is 284 g/mol. The molecule has 0 aromatic heterocycles. The summed E-state index contributed by atoms with van der Waals surface area (Å²) in [6.07, 6.45) is 0.775. The lowest BCUT2D eigenvalue weighted by Gasteiger charge is -2.14. The average Bonchev–Trinajstić information content (AvgIpc) is 2.79. The van der Waals surface area contributed by atoms with Crippen LogP contribution in [-0.4, -0.2) is 21.0 Å². The van der Waals surface area contributed by atoms with Crippen molar-refractivity contribution in [1.82, 2.24) is 4.72 Å². The minimum absolute atomic E-state index is 0.153. The summed E-state index contributed by atoms with van der Waals surface area (Å²) in [4.78, 5) is 0.331. The average molecular weight is 310 g/mol. The molecule has 1 aromatic carbocycles. The summed E-state index contributed by atoms with van der Waals surface area (Å²) >= 11 is 0. The van der Waals surface area contributed by atoms with Crippen molar-refractivity contribution in [3.63, 3.8) is 0 Å². The molecule has 1 aliphatic carbocycles. The van der Waals surface area contributed by atoms with E-state index in [1.54, 1.807) is 12.1 Å². The highest BCUT2D eigenvalue weighted by Gasteiger charge is 2.65. The molecule has 2 rings (SSSR count). The van der Waals surface area contributed by atoms with Crippen molar-refractivity contribution >= 4 is 15.7 Å². The lowest BCUT2D eigenvalue weighted by Crippen LogP contribution is -2.26. The van der Waals surface area contributed by atoms with Crippen LogP contribution < -0.4 is 10.0 Å². The summed E-state index contributed by atoms with van der Waals surface area (Å²) in [5, 5.41) is 3.43. The van der Waals surface area contributed by atoms with Gasteiger partial charge in [-0.2, -0.15) is 0 Å². The highest BCUT2D eigenvalue weighted by molar-refractivity contribution is 7.89. The summed E-state index contributed by atoms with van der Waals surface area (Å²) in [6.45, 7) is 11.2. The summed E-state index contributed by atoms with van der Waals surface area (Å²) in [5.74, 6) is 0. The summed E-state index contributed by atoms with van der Waals surface area (Å²) < 4.78 is 27.4. The number of anilines is 1. The predicted molar refractivity (Wildman–Crippen MR) is 86.9 cm³/mol. The zero-order valence-corrected chi connectivity index (χ0v) is 14.3. The number of para-hydroxylation sites is 1. The van der Waals surface area contributed by atoms with Gasteiger partial charge in [0.15, 0.2) is 0 Å². The van der Waals surface area contributed by atoms with E-state index >= 15 is 0 Å². The molecule has 0 unspecified atom stereocenters. The van der Waals surface area contributed by atoms with E-state index in [0.717, 1.165) is 6.42 Å². The van der Waals surface area contributed by atoms with Crippen LogP contribution in [0.2, 0.25) is 0 Å². The monoisotopic (exact) mass is 310 g/mol. The lowest BCUT2D eigenvalue weighted by atomic mass is 10.0. The van der Waals surface area contributed by atoms with Crippen molar-refractivity contribution in [2.45, 2.75) is 52.0 Å². The fourth-order valence-electron chi connectivity index (χ4n) is 2.85. The number of rotatable bonds is 6. The Morgan fingerprint density at radius 2 is 1.67 bits per heavy atom. The first kappa shape index (κ1) is 16.3. The van der Waals surface area contributed by atoms with E-state index in [1.807, 2.05) is 19.1 Å². The van der Waals surface area contributed by atoms with Gasteiger partial charge in [-0.3, -0.25) is 0 Å². The van der Waals surface area contributed by atoms with Gasteiger partial charge < -0.3 is 5.32 Å². The molecule has 2 N–H and O–H groups in total. The van der Waals surface area contributed by atoms with Crippen LogP contribution in [0.25, 0.3) is 0 Å². The van der Waals surface area contributed by atoms with Gasteiger partial charge in [0.1, 0.15) is 4.90 Å². The van der Waals surface area contributed by atoms with Crippen LogP contribution in [0.5, 0.6) is 0 Å². The van der Waals surface area contributed by atoms with Crippen molar-refractivity contribution in [3.8, 4) is 0 Å². The van der Waals surface area contributed by atoms with Gasteiger partial charge in [0.25, 0.3) is 0 Å². The molecule has 0 aliphatic heterocycles. The van der Waals surface area contributed by atoms with Crippen molar-refractivity contribution < 1.29 is 8.42 Å². The maximum Gasteiger partial charge on any atom is 0.242 e. The summed E-state index contributed by atoms with van der Waals surface area (Å²) in [6, 6.07) is 7.39. The van der Waals surface area contributed by atoms with Crippen molar-refractivity contribution in [2.75, 3.05) is 11.9 Å². The molecule has 1 fully saturated rings. The Morgan fingerprint density at radius 3 is 2.19 bits per heavy atom. The largest absolute Gasteiger partial charge is 0.380 e. The molecule has 21 heavy (non-hydrogen) atoms. The summed E-state index contributed by atoms with van der Waals surface area (Å²) in [7, 11) is -3.46. The van der Waals surface area contributed by atoms with Crippen LogP contribution in [0.15, 0.2) is 29.2 Å². The number of benzene rings is 1. The zero-order chi connectivity index (χ0) is 15.9. The zero-order valence-electron chi connectivity index (χ0n) is 13.5. The van der Waals surface area contributed by atoms with Gasteiger partial charge >= 0.3 is 0 Å². The first-order chi connectivity index (χ1) is 9.64. The second-order valence-corrected chi connectivity index (χ2v) is 8.65. The van der Waals surface area contributed by atoms with Crippen LogP contribution in [0.3, 0.4) is 0 Å². The van der Waals surface area contributed by atoms with Crippen molar-refractivity contribution in [3.05, 3.63) is 24.3 Å². The maximum atomic E-state index is 12.4. The van der Waals surface area contributed by atoms with Crippen LogP contribution in [0.1, 0.15) is 41.0 Å². The van der Waals surface area contributed by atoms with Gasteiger partial charge in [-0.1, -0.05) is 46.8 Å². The first-order valence-electron chi connectivity index (χ1n) is 7.50. The molecule has 0 heterocycles. The van der Waals surface area contributed by atoms with Gasteiger partial charge in [-0.05, 0) is 29.4 Å². The molecule has 1 aliphatic rings. The van der Waals surface area contributed by atoms with Crippen LogP contribution in [-0.2, 0) is 10.0 Å². The van der Waals surface area contributed by atoms with Crippen molar-refractivity contribution in [2.24, 2.45) is 10.8 Å². The van der Waals surface area contributed by atoms with E-state index in [4.69, 9.17) is 0 Å². The quantitative estimate of drug-likeness (QED) is 0.848. The highest BCUT2D eigenvalue weighted by atomic mass is 32.2. The highest BCUT2D eigenvalue weighted by Crippen LogP contribution is 2.63. The third-order valence-electron chi connectivity index (χ3n) is 5.04. The summed E-state index contributed by atoms with van der Waals surface area (Å²) in [5.41, 5.74) is 0.992. The lowest BCUT2D eigenvalue weighted by molar-refractivity contribution is 0.457. The molecule has 0 bridgehead atoms. The van der Waals surface area contributed by atoms with E-state index in [2.05, 4.69) is 37.7 Å². The van der Waals surface area contributed by atoms with E-state index < -0.39 is 10.0 Å². The molecule has 1 saturated carbocycles. The molecule has 118 valence electrons. The molecule has 1 aromatic rings. The Hall–Kier alpha value is -1.07. The number of nitrogens with one attached hydrogen (secondary N) is 2. The molecule has 4 nitrogen and oxygen atoms in total. The molecule has 0 saturated heterocycles. The smallest absolute Gasteiger partial charge is 0.242 e. The van der Waals surface area contributed by atoms with E-state index in [-0.39, 0.29) is 16.9 Å². The second-order valence-electron chi connectivity index (χ2n) is 6.91. The Kier molecular flexibility index (Phi) is 4.10.